The summed E-state index contributed by atoms with van der Waals surface area (Å²) in [4.78, 5) is 60.7. The summed E-state index contributed by atoms with van der Waals surface area (Å²) in [6.07, 6.45) is 8.36. The number of nitrogens with one attached hydrogen (secondary N) is 2. The van der Waals surface area contributed by atoms with E-state index in [-0.39, 0.29) is 23.9 Å². The first-order valence-corrected chi connectivity index (χ1v) is 19.6. The van der Waals surface area contributed by atoms with Gasteiger partial charge in [-0.2, -0.15) is 0 Å². The molecule has 8 rings (SSSR count). The van der Waals surface area contributed by atoms with Crippen LogP contribution in [0.5, 0.6) is 0 Å². The first kappa shape index (κ1) is 37.9. The average Bonchev–Trinajstić information content (AvgIpc) is 4.10. The van der Waals surface area contributed by atoms with Crippen LogP contribution in [0.25, 0.3) is 39.7 Å². The molecule has 2 aliphatic heterocycles. The van der Waals surface area contributed by atoms with Crippen molar-refractivity contribution in [3.8, 4) is 33.6 Å². The van der Waals surface area contributed by atoms with Crippen LogP contribution >= 0.6 is 0 Å². The Morgan fingerprint density at radius 3 is 1.78 bits per heavy atom. The molecule has 12 heteroatoms. The normalized spacial score (nSPS) is 17.1. The molecule has 0 unspecified atom stereocenters. The zero-order chi connectivity index (χ0) is 40.2. The Morgan fingerprint density at radius 2 is 1.24 bits per heavy atom. The van der Waals surface area contributed by atoms with Crippen LogP contribution in [0, 0.1) is 0 Å². The Kier molecular flexibility index (Phi) is 10.9. The molecule has 2 aromatic heterocycles. The molecule has 3 atom stereocenters. The second-order valence-corrected chi connectivity index (χ2v) is 14.9. The standard InChI is InChI=1S/C46H46N8O4/c1-52(2)36-23-12-30(13-24-36)14-25-41(55)53-26-6-10-39(53)43-48-28-37(50-43)33-19-15-31(16-20-33)32-17-21-34(22-18-32)38-29-49-44(51-38)40-11-7-27-54(40)45(56)42(58-46(47)57)35-8-4-3-5-9-35/h3-5,8-9,12-25,28-29,39-40,42H,6-7,10-11,26-27H2,1-2H3,(H2,47,57)(H,48,50)(H,49,51)/t39-,40-,42+/m0/s1. The van der Waals surface area contributed by atoms with E-state index in [2.05, 4.69) is 63.5 Å². The molecule has 58 heavy (non-hydrogen) atoms. The van der Waals surface area contributed by atoms with E-state index in [1.807, 2.05) is 66.5 Å². The second-order valence-electron chi connectivity index (χ2n) is 14.9. The Hall–Kier alpha value is -6.95. The van der Waals surface area contributed by atoms with Crippen molar-refractivity contribution < 1.29 is 19.1 Å². The molecule has 4 aromatic carbocycles. The Bertz CT molecular complexity index is 2400. The van der Waals surface area contributed by atoms with Gasteiger partial charge in [0.15, 0.2) is 0 Å². The fourth-order valence-corrected chi connectivity index (χ4v) is 7.92. The third-order valence-corrected chi connectivity index (χ3v) is 11.0. The fourth-order valence-electron chi connectivity index (χ4n) is 7.92. The van der Waals surface area contributed by atoms with E-state index < -0.39 is 12.2 Å². The number of hydrogen-bond acceptors (Lipinski definition) is 7. The van der Waals surface area contributed by atoms with Gasteiger partial charge in [0.05, 0.1) is 35.9 Å². The van der Waals surface area contributed by atoms with Crippen LogP contribution in [0.3, 0.4) is 0 Å². The van der Waals surface area contributed by atoms with E-state index in [0.29, 0.717) is 24.5 Å². The number of benzene rings is 4. The van der Waals surface area contributed by atoms with Crippen LogP contribution < -0.4 is 10.6 Å². The summed E-state index contributed by atoms with van der Waals surface area (Å²) in [5.41, 5.74) is 13.9. The third-order valence-electron chi connectivity index (χ3n) is 11.0. The number of aromatic nitrogens is 4. The molecule has 4 N–H and O–H groups in total. The number of aromatic amines is 2. The highest BCUT2D eigenvalue weighted by molar-refractivity contribution is 5.92. The van der Waals surface area contributed by atoms with Gasteiger partial charge in [0.25, 0.3) is 5.91 Å². The minimum atomic E-state index is -1.13. The van der Waals surface area contributed by atoms with E-state index in [0.717, 1.165) is 76.4 Å². The number of carbonyl (C=O) groups is 3. The van der Waals surface area contributed by atoms with Crippen molar-refractivity contribution in [2.24, 2.45) is 5.73 Å². The highest BCUT2D eigenvalue weighted by atomic mass is 16.6. The number of primary amides is 1. The number of ether oxygens (including phenoxy) is 1. The largest absolute Gasteiger partial charge is 0.431 e. The Morgan fingerprint density at radius 1 is 0.724 bits per heavy atom. The summed E-state index contributed by atoms with van der Waals surface area (Å²) in [7, 11) is 4.01. The topological polar surface area (TPSA) is 154 Å². The number of hydrogen-bond donors (Lipinski definition) is 3. The van der Waals surface area contributed by atoms with Crippen molar-refractivity contribution in [3.05, 3.63) is 144 Å². The number of imidazole rings is 2. The summed E-state index contributed by atoms with van der Waals surface area (Å²) in [6, 6.07) is 33.3. The van der Waals surface area contributed by atoms with Gasteiger partial charge >= 0.3 is 6.09 Å². The minimum Gasteiger partial charge on any atom is -0.431 e. The molecule has 294 valence electrons. The molecule has 0 spiro atoms. The first-order valence-electron chi connectivity index (χ1n) is 19.6. The lowest BCUT2D eigenvalue weighted by atomic mass is 10.0. The van der Waals surface area contributed by atoms with Gasteiger partial charge in [0.2, 0.25) is 12.0 Å². The van der Waals surface area contributed by atoms with Gasteiger partial charge in [0.1, 0.15) is 11.6 Å². The predicted octanol–water partition coefficient (Wildman–Crippen LogP) is 8.08. The van der Waals surface area contributed by atoms with Gasteiger partial charge in [-0.15, -0.1) is 0 Å². The number of rotatable bonds is 11. The van der Waals surface area contributed by atoms with Crippen LogP contribution in [0.2, 0.25) is 0 Å². The van der Waals surface area contributed by atoms with Gasteiger partial charge in [-0.05, 0) is 71.7 Å². The first-order chi connectivity index (χ1) is 28.2. The van der Waals surface area contributed by atoms with Gasteiger partial charge < -0.3 is 35.1 Å². The summed E-state index contributed by atoms with van der Waals surface area (Å²) >= 11 is 0. The average molecular weight is 775 g/mol. The maximum atomic E-state index is 13.7. The maximum Gasteiger partial charge on any atom is 0.405 e. The Balaban J connectivity index is 0.905. The molecule has 2 aliphatic rings. The van der Waals surface area contributed by atoms with Crippen molar-refractivity contribution in [1.29, 1.82) is 0 Å². The van der Waals surface area contributed by atoms with Crippen molar-refractivity contribution in [1.82, 2.24) is 29.7 Å². The Labute approximate surface area is 337 Å². The second kappa shape index (κ2) is 16.6. The number of amides is 3. The number of nitrogens with zero attached hydrogens (tertiary/aromatic N) is 5. The number of H-pyrrole nitrogens is 2. The molecular formula is C46H46N8O4. The van der Waals surface area contributed by atoms with E-state index in [9.17, 15) is 14.4 Å². The molecule has 0 aliphatic carbocycles. The number of anilines is 1. The van der Waals surface area contributed by atoms with Gasteiger partial charge in [-0.25, -0.2) is 14.8 Å². The smallest absolute Gasteiger partial charge is 0.405 e. The van der Waals surface area contributed by atoms with Crippen molar-refractivity contribution in [2.45, 2.75) is 43.9 Å². The van der Waals surface area contributed by atoms with Gasteiger partial charge in [-0.1, -0.05) is 91.0 Å². The van der Waals surface area contributed by atoms with E-state index >= 15 is 0 Å². The number of carbonyl (C=O) groups excluding carboxylic acids is 3. The molecule has 2 saturated heterocycles. The monoisotopic (exact) mass is 774 g/mol. The molecule has 3 amide bonds. The lowest BCUT2D eigenvalue weighted by molar-refractivity contribution is -0.141. The van der Waals surface area contributed by atoms with Gasteiger partial charge in [0, 0.05) is 44.5 Å². The molecule has 12 nitrogen and oxygen atoms in total. The molecule has 2 fully saturated rings. The number of nitrogens with two attached hydrogens (primary N) is 1. The van der Waals surface area contributed by atoms with Crippen LogP contribution in [0.1, 0.15) is 66.6 Å². The van der Waals surface area contributed by atoms with E-state index in [4.69, 9.17) is 15.5 Å². The minimum absolute atomic E-state index is 0.0149. The third kappa shape index (κ3) is 8.13. The molecule has 6 aromatic rings. The predicted molar refractivity (Wildman–Crippen MR) is 224 cm³/mol. The van der Waals surface area contributed by atoms with Crippen molar-refractivity contribution >= 4 is 29.7 Å². The zero-order valence-corrected chi connectivity index (χ0v) is 32.5. The summed E-state index contributed by atoms with van der Waals surface area (Å²) in [5, 5.41) is 0. The SMILES string of the molecule is CN(C)c1ccc(C=CC(=O)N2CCC[C@H]2c2ncc(-c3ccc(-c4ccc(-c5cnc([C@@H]6CCCN6C(=O)[C@H](OC(N)=O)c6ccccc6)[nH]5)cc4)cc3)[nH]2)cc1. The summed E-state index contributed by atoms with van der Waals surface area (Å²) in [5.74, 6) is 1.14. The zero-order valence-electron chi connectivity index (χ0n) is 32.5. The highest BCUT2D eigenvalue weighted by Gasteiger charge is 2.38. The number of likely N-dealkylation sites (tertiary alicyclic amines) is 2. The van der Waals surface area contributed by atoms with Crippen molar-refractivity contribution in [2.75, 3.05) is 32.1 Å². The lowest BCUT2D eigenvalue weighted by Gasteiger charge is -2.27. The summed E-state index contributed by atoms with van der Waals surface area (Å²) < 4.78 is 5.30. The fraction of sp³-hybridized carbons (Fsp3) is 0.239. The maximum absolute atomic E-state index is 13.7. The van der Waals surface area contributed by atoms with Crippen LogP contribution in [-0.4, -0.2) is 74.8 Å². The molecule has 4 heterocycles. The van der Waals surface area contributed by atoms with Crippen LogP contribution in [-0.2, 0) is 14.3 Å². The van der Waals surface area contributed by atoms with Gasteiger partial charge in [-0.3, -0.25) is 9.59 Å². The highest BCUT2D eigenvalue weighted by Crippen LogP contribution is 2.36. The molecule has 0 saturated carbocycles. The molecule has 0 radical (unpaired) electrons. The lowest BCUT2D eigenvalue weighted by Crippen LogP contribution is -2.37. The molecular weight excluding hydrogens is 729 g/mol. The van der Waals surface area contributed by atoms with E-state index in [1.54, 1.807) is 41.4 Å². The molecule has 0 bridgehead atoms. The quantitative estimate of drug-likeness (QED) is 0.113. The van der Waals surface area contributed by atoms with E-state index in [1.165, 1.54) is 0 Å². The van der Waals surface area contributed by atoms with Crippen LogP contribution in [0.15, 0.2) is 122 Å². The summed E-state index contributed by atoms with van der Waals surface area (Å²) in [6.45, 7) is 1.22. The van der Waals surface area contributed by atoms with Crippen LogP contribution in [0.4, 0.5) is 10.5 Å². The van der Waals surface area contributed by atoms with Crippen molar-refractivity contribution in [3.63, 3.8) is 0 Å².